The molecule has 3 aromatic rings. The van der Waals surface area contributed by atoms with Crippen molar-refractivity contribution in [2.45, 2.75) is 32.1 Å². The number of hydrogen-bond donors (Lipinski definition) is 0. The average Bonchev–Trinajstić information content (AvgIpc) is 3.20. The van der Waals surface area contributed by atoms with Gasteiger partial charge in [-0.25, -0.2) is 4.98 Å². The Kier molecular flexibility index (Phi) is 2.89. The molecule has 0 spiro atoms. The molecule has 0 saturated heterocycles. The second-order valence-electron chi connectivity index (χ2n) is 5.42. The number of carbonyl (C=O) groups excluding carboxylic acids is 1. The minimum Gasteiger partial charge on any atom is -0.296 e. The molecule has 0 N–H and O–H groups in total. The quantitative estimate of drug-likeness (QED) is 0.690. The molecular weight excluding hydrogens is 282 g/mol. The van der Waals surface area contributed by atoms with Crippen molar-refractivity contribution in [1.82, 2.24) is 14.6 Å². The predicted octanol–water partition coefficient (Wildman–Crippen LogP) is 3.71. The summed E-state index contributed by atoms with van der Waals surface area (Å²) in [4.78, 5) is 16.9. The number of benzene rings is 1. The highest BCUT2D eigenvalue weighted by atomic mass is 32.1. The first-order valence-corrected chi connectivity index (χ1v) is 8.05. The maximum Gasteiger partial charge on any atom is 0.213 e. The molecule has 1 saturated carbocycles. The fraction of sp³-hybridized carbons (Fsp3) is 0.312. The zero-order valence-corrected chi connectivity index (χ0v) is 12.6. The van der Waals surface area contributed by atoms with Crippen molar-refractivity contribution in [3.05, 3.63) is 40.5 Å². The Labute approximate surface area is 126 Å². The molecule has 2 aromatic heterocycles. The van der Waals surface area contributed by atoms with E-state index in [1.54, 1.807) is 15.9 Å². The van der Waals surface area contributed by atoms with Crippen LogP contribution >= 0.6 is 11.3 Å². The molecule has 1 aliphatic carbocycles. The fourth-order valence-corrected chi connectivity index (χ4v) is 3.57. The first-order valence-electron chi connectivity index (χ1n) is 7.24. The Morgan fingerprint density at radius 2 is 2.10 bits per heavy atom. The van der Waals surface area contributed by atoms with Gasteiger partial charge in [0.2, 0.25) is 4.96 Å². The second kappa shape index (κ2) is 4.77. The second-order valence-corrected chi connectivity index (χ2v) is 6.41. The van der Waals surface area contributed by atoms with Crippen molar-refractivity contribution in [3.8, 4) is 11.3 Å². The topological polar surface area (TPSA) is 47.3 Å². The van der Waals surface area contributed by atoms with Gasteiger partial charge in [0.25, 0.3) is 0 Å². The van der Waals surface area contributed by atoms with Gasteiger partial charge >= 0.3 is 0 Å². The van der Waals surface area contributed by atoms with Crippen LogP contribution in [-0.2, 0) is 6.42 Å². The number of aldehydes is 1. The lowest BCUT2D eigenvalue weighted by atomic mass is 10.1. The summed E-state index contributed by atoms with van der Waals surface area (Å²) >= 11 is 1.60. The highest BCUT2D eigenvalue weighted by Gasteiger charge is 2.29. The Balaban J connectivity index is 1.83. The first kappa shape index (κ1) is 12.7. The molecule has 0 amide bonds. The third-order valence-corrected chi connectivity index (χ3v) is 5.00. The number of nitrogens with zero attached hydrogens (tertiary/aromatic N) is 3. The number of aryl methyl sites for hydroxylation is 1. The third kappa shape index (κ3) is 2.08. The van der Waals surface area contributed by atoms with E-state index in [4.69, 9.17) is 0 Å². The molecule has 0 atom stereocenters. The summed E-state index contributed by atoms with van der Waals surface area (Å²) < 4.78 is 1.70. The van der Waals surface area contributed by atoms with Crippen molar-refractivity contribution < 1.29 is 4.79 Å². The van der Waals surface area contributed by atoms with Crippen LogP contribution in [0.5, 0.6) is 0 Å². The largest absolute Gasteiger partial charge is 0.296 e. The van der Waals surface area contributed by atoms with E-state index in [1.165, 1.54) is 18.4 Å². The van der Waals surface area contributed by atoms with Crippen molar-refractivity contribution in [3.63, 3.8) is 0 Å². The molecule has 5 heteroatoms. The number of aromatic nitrogens is 3. The standard InChI is InChI=1S/C16H15N3OS/c1-2-10-3-5-11(6-4-10)14-13(9-20)19-16(17-14)21-15(18-19)12-7-8-12/h3-6,9,12H,2,7-8H2,1H3. The van der Waals surface area contributed by atoms with E-state index in [-0.39, 0.29) is 0 Å². The average molecular weight is 297 g/mol. The highest BCUT2D eigenvalue weighted by molar-refractivity contribution is 7.16. The number of imidazole rings is 1. The molecule has 0 bridgehead atoms. The molecular formula is C16H15N3OS. The SMILES string of the molecule is CCc1ccc(-c2nc3sc(C4CC4)nn3c2C=O)cc1. The smallest absolute Gasteiger partial charge is 0.213 e. The zero-order valence-electron chi connectivity index (χ0n) is 11.7. The van der Waals surface area contributed by atoms with Crippen LogP contribution in [0.4, 0.5) is 0 Å². The van der Waals surface area contributed by atoms with Gasteiger partial charge in [-0.2, -0.15) is 9.61 Å². The number of carbonyl (C=O) groups is 1. The van der Waals surface area contributed by atoms with E-state index in [0.29, 0.717) is 11.6 Å². The molecule has 106 valence electrons. The summed E-state index contributed by atoms with van der Waals surface area (Å²) in [5, 5.41) is 5.67. The number of hydrogen-bond acceptors (Lipinski definition) is 4. The molecule has 1 aliphatic rings. The minimum absolute atomic E-state index is 0.553. The van der Waals surface area contributed by atoms with Gasteiger partial charge in [0.05, 0.1) is 0 Å². The van der Waals surface area contributed by atoms with Gasteiger partial charge < -0.3 is 0 Å². The Bertz CT molecular complexity index is 812. The lowest BCUT2D eigenvalue weighted by molar-refractivity contribution is 0.111. The molecule has 4 nitrogen and oxygen atoms in total. The Morgan fingerprint density at radius 1 is 1.33 bits per heavy atom. The Hall–Kier alpha value is -2.01. The van der Waals surface area contributed by atoms with Gasteiger partial charge in [-0.1, -0.05) is 42.5 Å². The van der Waals surface area contributed by atoms with Crippen LogP contribution < -0.4 is 0 Å². The van der Waals surface area contributed by atoms with Crippen LogP contribution in [0.2, 0.25) is 0 Å². The molecule has 1 fully saturated rings. The Morgan fingerprint density at radius 3 is 2.71 bits per heavy atom. The van der Waals surface area contributed by atoms with E-state index >= 15 is 0 Å². The van der Waals surface area contributed by atoms with Gasteiger partial charge in [0.15, 0.2) is 6.29 Å². The lowest BCUT2D eigenvalue weighted by Gasteiger charge is -2.00. The molecule has 0 radical (unpaired) electrons. The summed E-state index contributed by atoms with van der Waals surface area (Å²) in [6.45, 7) is 2.13. The monoisotopic (exact) mass is 297 g/mol. The predicted molar refractivity (Wildman–Crippen MR) is 83.0 cm³/mol. The molecule has 21 heavy (non-hydrogen) atoms. The van der Waals surface area contributed by atoms with Crippen LogP contribution in [-0.4, -0.2) is 20.9 Å². The van der Waals surface area contributed by atoms with Gasteiger partial charge in [0, 0.05) is 11.5 Å². The van der Waals surface area contributed by atoms with Gasteiger partial charge in [-0.15, -0.1) is 0 Å². The number of rotatable bonds is 4. The zero-order chi connectivity index (χ0) is 14.4. The van der Waals surface area contributed by atoms with Crippen molar-refractivity contribution in [2.24, 2.45) is 0 Å². The van der Waals surface area contributed by atoms with Crippen LogP contribution in [0.3, 0.4) is 0 Å². The van der Waals surface area contributed by atoms with E-state index in [0.717, 1.165) is 33.9 Å². The maximum absolute atomic E-state index is 11.5. The van der Waals surface area contributed by atoms with Crippen LogP contribution in [0.1, 0.15) is 46.7 Å². The fourth-order valence-electron chi connectivity index (χ4n) is 2.49. The van der Waals surface area contributed by atoms with Crippen LogP contribution in [0.15, 0.2) is 24.3 Å². The first-order chi connectivity index (χ1) is 10.3. The maximum atomic E-state index is 11.5. The molecule has 0 aliphatic heterocycles. The summed E-state index contributed by atoms with van der Waals surface area (Å²) in [5.74, 6) is 0.587. The minimum atomic E-state index is 0.553. The lowest BCUT2D eigenvalue weighted by Crippen LogP contribution is -1.95. The van der Waals surface area contributed by atoms with Crippen LogP contribution in [0, 0.1) is 0 Å². The van der Waals surface area contributed by atoms with Gasteiger partial charge in [-0.3, -0.25) is 4.79 Å². The van der Waals surface area contributed by atoms with Crippen LogP contribution in [0.25, 0.3) is 16.2 Å². The molecule has 4 rings (SSSR count). The van der Waals surface area contributed by atoms with Crippen molar-refractivity contribution in [1.29, 1.82) is 0 Å². The summed E-state index contributed by atoms with van der Waals surface area (Å²) in [7, 11) is 0. The molecule has 2 heterocycles. The van der Waals surface area contributed by atoms with Crippen molar-refractivity contribution in [2.75, 3.05) is 0 Å². The summed E-state index contributed by atoms with van der Waals surface area (Å²) in [5.41, 5.74) is 3.53. The normalized spacial score (nSPS) is 14.7. The van der Waals surface area contributed by atoms with E-state index in [1.807, 2.05) is 12.1 Å². The number of fused-ring (bicyclic) bond motifs is 1. The highest BCUT2D eigenvalue weighted by Crippen LogP contribution is 2.42. The van der Waals surface area contributed by atoms with Gasteiger partial charge in [-0.05, 0) is 24.8 Å². The van der Waals surface area contributed by atoms with Crippen molar-refractivity contribution >= 4 is 22.6 Å². The van der Waals surface area contributed by atoms with E-state index in [9.17, 15) is 4.79 Å². The van der Waals surface area contributed by atoms with E-state index < -0.39 is 0 Å². The summed E-state index contributed by atoms with van der Waals surface area (Å²) in [6, 6.07) is 8.22. The summed E-state index contributed by atoms with van der Waals surface area (Å²) in [6.07, 6.45) is 4.28. The van der Waals surface area contributed by atoms with Gasteiger partial charge in [0.1, 0.15) is 16.4 Å². The molecule has 1 aromatic carbocycles. The third-order valence-electron chi connectivity index (χ3n) is 3.93. The van der Waals surface area contributed by atoms with E-state index in [2.05, 4.69) is 29.1 Å². The molecule has 0 unspecified atom stereocenters.